The lowest BCUT2D eigenvalue weighted by Crippen LogP contribution is -2.48. The zero-order chi connectivity index (χ0) is 29.4. The molecule has 1 saturated heterocycles. The normalized spacial score (nSPS) is 17.3. The van der Waals surface area contributed by atoms with Gasteiger partial charge in [-0.05, 0) is 62.6 Å². The second-order valence-corrected chi connectivity index (χ2v) is 10.6. The van der Waals surface area contributed by atoms with Crippen molar-refractivity contribution < 1.29 is 18.8 Å². The Morgan fingerprint density at radius 2 is 1.93 bits per heavy atom. The van der Waals surface area contributed by atoms with E-state index in [4.69, 9.17) is 5.73 Å². The highest BCUT2D eigenvalue weighted by Crippen LogP contribution is 2.29. The number of primary amides is 1. The number of carbonyl (C=O) groups is 3. The molecule has 42 heavy (non-hydrogen) atoms. The zero-order valence-electron chi connectivity index (χ0n) is 23.0. The number of carbonyl (C=O) groups excluding carboxylic acids is 3. The predicted molar refractivity (Wildman–Crippen MR) is 156 cm³/mol. The Hall–Kier alpha value is -5.06. The van der Waals surface area contributed by atoms with Crippen molar-refractivity contribution in [3.05, 3.63) is 84.4 Å². The Bertz CT molecular complexity index is 1830. The van der Waals surface area contributed by atoms with Gasteiger partial charge in [0.15, 0.2) is 0 Å². The number of nitrogens with zero attached hydrogens (tertiary/aromatic N) is 5. The van der Waals surface area contributed by atoms with E-state index in [0.717, 1.165) is 22.6 Å². The molecular formula is C31H30FN7O3. The van der Waals surface area contributed by atoms with Crippen molar-refractivity contribution in [2.24, 2.45) is 5.73 Å². The molecule has 6 rings (SSSR count). The van der Waals surface area contributed by atoms with Crippen molar-refractivity contribution in [1.29, 1.82) is 0 Å². The van der Waals surface area contributed by atoms with E-state index in [2.05, 4.69) is 15.3 Å². The monoisotopic (exact) mass is 567 g/mol. The third kappa shape index (κ3) is 5.20. The van der Waals surface area contributed by atoms with Crippen LogP contribution >= 0.6 is 0 Å². The number of halogens is 1. The maximum Gasteiger partial charge on any atom is 0.250 e. The molecule has 11 heteroatoms. The number of likely N-dealkylation sites (tertiary alicyclic amines) is 1. The lowest BCUT2D eigenvalue weighted by atomic mass is 10.1. The second kappa shape index (κ2) is 11.1. The number of alkyl halides is 1. The van der Waals surface area contributed by atoms with Gasteiger partial charge >= 0.3 is 0 Å². The van der Waals surface area contributed by atoms with Crippen LogP contribution in [0.3, 0.4) is 0 Å². The molecule has 0 bridgehead atoms. The molecule has 1 aliphatic rings. The fourth-order valence-corrected chi connectivity index (χ4v) is 5.63. The molecule has 3 N–H and O–H groups in total. The summed E-state index contributed by atoms with van der Waals surface area (Å²) in [4.78, 5) is 49.7. The first-order chi connectivity index (χ1) is 20.3. The highest BCUT2D eigenvalue weighted by Gasteiger charge is 2.34. The number of imidazole rings is 1. The van der Waals surface area contributed by atoms with Crippen LogP contribution in [0.2, 0.25) is 0 Å². The Morgan fingerprint density at radius 1 is 1.07 bits per heavy atom. The van der Waals surface area contributed by atoms with Crippen molar-refractivity contribution >= 4 is 40.1 Å². The van der Waals surface area contributed by atoms with E-state index in [9.17, 15) is 18.8 Å². The number of nitrogens with two attached hydrogens (primary N) is 1. The number of hydrogen-bond acceptors (Lipinski definition) is 5. The molecule has 1 unspecified atom stereocenters. The summed E-state index contributed by atoms with van der Waals surface area (Å²) in [5.74, 6) is -1.03. The number of aryl methyl sites for hydroxylation is 1. The van der Waals surface area contributed by atoms with E-state index in [0.29, 0.717) is 16.7 Å². The molecular weight excluding hydrogens is 537 g/mol. The standard InChI is InChI=1S/C31H30FN7O3/c1-19-5-4-6-27(35-19)36-31(42)25-11-9-21(32)12-14-39(25)29(40)18-37-17-23(30(33)41)22-15-20(8-10-24(22)37)26-16-34-28-7-2-3-13-38(26)28/h2-8,10,13,15-17,21,25H,9,11-12,14,18H2,1H3,(H2,33,41)(H,35,36,42)/t21?,25-/m0/s1. The minimum atomic E-state index is -1.11. The summed E-state index contributed by atoms with van der Waals surface area (Å²) in [6.45, 7) is 1.76. The minimum absolute atomic E-state index is 0.0969. The van der Waals surface area contributed by atoms with Crippen LogP contribution in [0.1, 0.15) is 35.3 Å². The largest absolute Gasteiger partial charge is 0.366 e. The van der Waals surface area contributed by atoms with E-state index in [1.807, 2.05) is 60.0 Å². The van der Waals surface area contributed by atoms with Gasteiger partial charge in [0.2, 0.25) is 11.8 Å². The van der Waals surface area contributed by atoms with Crippen molar-refractivity contribution in [1.82, 2.24) is 23.8 Å². The molecule has 1 aromatic carbocycles. The van der Waals surface area contributed by atoms with Crippen LogP contribution in [0.4, 0.5) is 10.2 Å². The predicted octanol–water partition coefficient (Wildman–Crippen LogP) is 4.12. The number of pyridine rings is 2. The molecule has 10 nitrogen and oxygen atoms in total. The van der Waals surface area contributed by atoms with Crippen molar-refractivity contribution in [2.45, 2.75) is 44.9 Å². The first kappa shape index (κ1) is 27.1. The lowest BCUT2D eigenvalue weighted by Gasteiger charge is -2.29. The molecule has 1 aliphatic heterocycles. The minimum Gasteiger partial charge on any atom is -0.366 e. The van der Waals surface area contributed by atoms with Crippen LogP contribution in [0.5, 0.6) is 0 Å². The molecule has 5 aromatic rings. The fraction of sp³-hybridized carbons (Fsp3) is 0.258. The molecule has 214 valence electrons. The fourth-order valence-electron chi connectivity index (χ4n) is 5.63. The molecule has 2 atom stereocenters. The molecule has 4 aromatic heterocycles. The Labute approximate surface area is 241 Å². The summed E-state index contributed by atoms with van der Waals surface area (Å²) < 4.78 is 18.0. The summed E-state index contributed by atoms with van der Waals surface area (Å²) in [7, 11) is 0. The molecule has 0 saturated carbocycles. The third-order valence-corrected chi connectivity index (χ3v) is 7.74. The van der Waals surface area contributed by atoms with Crippen LogP contribution in [-0.2, 0) is 16.1 Å². The number of anilines is 1. The Balaban J connectivity index is 1.31. The quantitative estimate of drug-likeness (QED) is 0.319. The van der Waals surface area contributed by atoms with E-state index in [-0.39, 0.29) is 43.8 Å². The summed E-state index contributed by atoms with van der Waals surface area (Å²) >= 11 is 0. The highest BCUT2D eigenvalue weighted by molar-refractivity contribution is 6.07. The van der Waals surface area contributed by atoms with Gasteiger partial charge in [0.1, 0.15) is 30.2 Å². The summed E-state index contributed by atoms with van der Waals surface area (Å²) in [5, 5.41) is 3.38. The van der Waals surface area contributed by atoms with Crippen LogP contribution in [-0.4, -0.2) is 60.3 Å². The number of amides is 3. The van der Waals surface area contributed by atoms with Crippen LogP contribution < -0.4 is 11.1 Å². The Kier molecular flexibility index (Phi) is 7.15. The van der Waals surface area contributed by atoms with Crippen molar-refractivity contribution in [3.63, 3.8) is 0 Å². The number of benzene rings is 1. The van der Waals surface area contributed by atoms with Crippen LogP contribution in [0.15, 0.2) is 73.2 Å². The van der Waals surface area contributed by atoms with Gasteiger partial charge < -0.3 is 20.5 Å². The maximum atomic E-state index is 14.4. The van der Waals surface area contributed by atoms with Gasteiger partial charge in [0.05, 0.1) is 17.5 Å². The van der Waals surface area contributed by atoms with Gasteiger partial charge in [-0.15, -0.1) is 0 Å². The second-order valence-electron chi connectivity index (χ2n) is 10.6. The molecule has 0 spiro atoms. The first-order valence-electron chi connectivity index (χ1n) is 13.8. The highest BCUT2D eigenvalue weighted by atomic mass is 19.1. The summed E-state index contributed by atoms with van der Waals surface area (Å²) in [5.41, 5.74) is 9.84. The van der Waals surface area contributed by atoms with Crippen LogP contribution in [0, 0.1) is 6.92 Å². The maximum absolute atomic E-state index is 14.4. The van der Waals surface area contributed by atoms with Gasteiger partial charge in [0, 0.05) is 41.1 Å². The van der Waals surface area contributed by atoms with Gasteiger partial charge in [0.25, 0.3) is 5.91 Å². The first-order valence-corrected chi connectivity index (χ1v) is 13.8. The summed E-state index contributed by atoms with van der Waals surface area (Å²) in [6, 6.07) is 15.7. The number of nitrogens with one attached hydrogen (secondary N) is 1. The average molecular weight is 568 g/mol. The smallest absolute Gasteiger partial charge is 0.250 e. The number of rotatable bonds is 6. The molecule has 3 amide bonds. The Morgan fingerprint density at radius 3 is 2.74 bits per heavy atom. The number of aromatic nitrogens is 4. The van der Waals surface area contributed by atoms with Gasteiger partial charge in [-0.2, -0.15) is 0 Å². The van der Waals surface area contributed by atoms with Gasteiger partial charge in [-0.25, -0.2) is 14.4 Å². The SMILES string of the molecule is Cc1cccc(NC(=O)[C@@H]2CCC(F)CCN2C(=O)Cn2cc(C(N)=O)c3cc(-c4cnc5ccccn45)ccc32)n1. The van der Waals surface area contributed by atoms with Crippen LogP contribution in [0.25, 0.3) is 27.8 Å². The molecule has 0 radical (unpaired) electrons. The topological polar surface area (TPSA) is 128 Å². The lowest BCUT2D eigenvalue weighted by molar-refractivity contribution is -0.139. The number of hydrogen-bond donors (Lipinski definition) is 2. The van der Waals surface area contributed by atoms with E-state index >= 15 is 0 Å². The van der Waals surface area contributed by atoms with Gasteiger partial charge in [-0.3, -0.25) is 18.8 Å². The molecule has 0 aliphatic carbocycles. The van der Waals surface area contributed by atoms with E-state index in [1.54, 1.807) is 29.1 Å². The van der Waals surface area contributed by atoms with Crippen molar-refractivity contribution in [2.75, 3.05) is 11.9 Å². The third-order valence-electron chi connectivity index (χ3n) is 7.74. The van der Waals surface area contributed by atoms with Gasteiger partial charge in [-0.1, -0.05) is 18.2 Å². The average Bonchev–Trinajstić information content (AvgIpc) is 3.49. The number of fused-ring (bicyclic) bond motifs is 2. The van der Waals surface area contributed by atoms with E-state index in [1.165, 1.54) is 4.90 Å². The van der Waals surface area contributed by atoms with E-state index < -0.39 is 24.0 Å². The summed E-state index contributed by atoms with van der Waals surface area (Å²) in [6.07, 6.45) is 4.62. The molecule has 5 heterocycles. The van der Waals surface area contributed by atoms with Crippen molar-refractivity contribution in [3.8, 4) is 11.3 Å². The zero-order valence-corrected chi connectivity index (χ0v) is 23.0. The molecule has 1 fully saturated rings.